The van der Waals surface area contributed by atoms with Crippen LogP contribution < -0.4 is 10.6 Å². The van der Waals surface area contributed by atoms with E-state index in [0.717, 1.165) is 55.8 Å². The predicted octanol–water partition coefficient (Wildman–Crippen LogP) is 8.22. The van der Waals surface area contributed by atoms with Crippen LogP contribution in [0.5, 0.6) is 0 Å². The molecule has 4 atom stereocenters. The van der Waals surface area contributed by atoms with E-state index in [4.69, 9.17) is 0 Å². The van der Waals surface area contributed by atoms with Crippen molar-refractivity contribution in [3.8, 4) is 11.4 Å². The van der Waals surface area contributed by atoms with Crippen LogP contribution in [0.15, 0.2) is 42.0 Å². The number of carbonyl (C=O) groups excluding carboxylic acids is 2. The molecule has 0 fully saturated rings. The number of nitrogens with zero attached hydrogens (tertiary/aromatic N) is 3. The van der Waals surface area contributed by atoms with Gasteiger partial charge in [0.2, 0.25) is 5.91 Å². The summed E-state index contributed by atoms with van der Waals surface area (Å²) in [6.45, 7) is 17.2. The highest BCUT2D eigenvalue weighted by Crippen LogP contribution is 2.30. The maximum Gasteiger partial charge on any atom is 0.253 e. The van der Waals surface area contributed by atoms with Crippen LogP contribution in [-0.2, 0) is 10.3 Å². The molecule has 0 spiro atoms. The second-order valence-electron chi connectivity index (χ2n) is 12.3. The Labute approximate surface area is 269 Å². The van der Waals surface area contributed by atoms with E-state index in [1.165, 1.54) is 24.2 Å². The number of hydrogen-bond acceptors (Lipinski definition) is 6. The maximum atomic E-state index is 12.6. The molecule has 8 nitrogen and oxygen atoms in total. The van der Waals surface area contributed by atoms with Gasteiger partial charge in [-0.1, -0.05) is 66.9 Å². The lowest BCUT2D eigenvalue weighted by molar-refractivity contribution is -0.115. The van der Waals surface area contributed by atoms with E-state index in [9.17, 15) is 14.7 Å². The molecule has 0 saturated heterocycles. The van der Waals surface area contributed by atoms with E-state index in [1.54, 1.807) is 6.07 Å². The molecule has 0 saturated carbocycles. The van der Waals surface area contributed by atoms with E-state index in [1.807, 2.05) is 42.9 Å². The lowest BCUT2D eigenvalue weighted by atomic mass is 9.86. The van der Waals surface area contributed by atoms with Crippen molar-refractivity contribution in [1.82, 2.24) is 19.9 Å². The predicted molar refractivity (Wildman–Crippen MR) is 183 cm³/mol. The topological polar surface area (TPSA) is 109 Å². The number of carbonyl (C=O) groups is 2. The van der Waals surface area contributed by atoms with Crippen LogP contribution in [0.25, 0.3) is 11.4 Å². The number of aliphatic hydroxyl groups is 1. The van der Waals surface area contributed by atoms with Gasteiger partial charge in [0.25, 0.3) is 5.91 Å². The first-order chi connectivity index (χ1) is 20.9. The number of aryl methyl sites for hydroxylation is 1. The third-order valence-corrected chi connectivity index (χ3v) is 9.21. The van der Waals surface area contributed by atoms with E-state index in [2.05, 4.69) is 73.6 Å². The number of rotatable bonds is 16. The number of anilines is 1. The van der Waals surface area contributed by atoms with Crippen LogP contribution in [0.1, 0.15) is 116 Å². The molecule has 44 heavy (non-hydrogen) atoms. The van der Waals surface area contributed by atoms with Gasteiger partial charge in [-0.15, -0.1) is 11.3 Å². The standard InChI is InChI=1S/C25H33N5O2S.C10H22O/c1-6-17(3)13-25(5,7-2)30-12-11-19(15-30)23(32)26-14-22(31)29-24-28-21(16-33-24)20-10-8-9-18(4)27-20;1-4-6-10(11)8-7-9(3)5-2/h8-12,15-17H,6-7,13-14H2,1-5H3,(H,26,32)(H,28,29,31);9-11H,4-8H2,1-3H3. The Bertz CT molecular complexity index is 1290. The second kappa shape index (κ2) is 18.7. The molecule has 0 aliphatic rings. The minimum Gasteiger partial charge on any atom is -0.393 e. The molecule has 0 aliphatic carbocycles. The van der Waals surface area contributed by atoms with E-state index >= 15 is 0 Å². The number of amides is 2. The summed E-state index contributed by atoms with van der Waals surface area (Å²) in [5, 5.41) is 17.2. The first kappa shape index (κ1) is 37.1. The Morgan fingerprint density at radius 2 is 1.73 bits per heavy atom. The lowest BCUT2D eigenvalue weighted by Gasteiger charge is -2.33. The Kier molecular flexibility index (Phi) is 15.8. The molecule has 3 N–H and O–H groups in total. The average molecular weight is 626 g/mol. The van der Waals surface area contributed by atoms with Crippen LogP contribution in [0, 0.1) is 18.8 Å². The van der Waals surface area contributed by atoms with Crippen LogP contribution in [-0.4, -0.2) is 44.1 Å². The molecule has 0 bridgehead atoms. The Hall–Kier alpha value is -3.04. The Balaban J connectivity index is 0.000000523. The number of hydrogen-bond donors (Lipinski definition) is 3. The van der Waals surface area contributed by atoms with Gasteiger partial charge < -0.3 is 20.3 Å². The van der Waals surface area contributed by atoms with Gasteiger partial charge in [-0.2, -0.15) is 0 Å². The van der Waals surface area contributed by atoms with Crippen LogP contribution in [0.3, 0.4) is 0 Å². The minimum atomic E-state index is -0.323. The average Bonchev–Trinajstić information content (AvgIpc) is 3.70. The van der Waals surface area contributed by atoms with Crippen molar-refractivity contribution in [3.63, 3.8) is 0 Å². The summed E-state index contributed by atoms with van der Waals surface area (Å²) in [7, 11) is 0. The molecule has 3 heterocycles. The largest absolute Gasteiger partial charge is 0.393 e. The highest BCUT2D eigenvalue weighted by molar-refractivity contribution is 7.14. The first-order valence-electron chi connectivity index (χ1n) is 16.3. The summed E-state index contributed by atoms with van der Waals surface area (Å²) >= 11 is 1.33. The molecule has 9 heteroatoms. The summed E-state index contributed by atoms with van der Waals surface area (Å²) in [6.07, 6.45) is 12.4. The third kappa shape index (κ3) is 12.2. The summed E-state index contributed by atoms with van der Waals surface area (Å²) in [6, 6.07) is 7.53. The van der Waals surface area contributed by atoms with E-state index in [-0.39, 0.29) is 30.0 Å². The number of thiazole rings is 1. The van der Waals surface area contributed by atoms with Crippen molar-refractivity contribution >= 4 is 28.3 Å². The van der Waals surface area contributed by atoms with Crippen molar-refractivity contribution in [2.24, 2.45) is 11.8 Å². The number of pyridine rings is 1. The molecular weight excluding hydrogens is 570 g/mol. The molecule has 0 aliphatic heterocycles. The highest BCUT2D eigenvalue weighted by Gasteiger charge is 2.26. The van der Waals surface area contributed by atoms with Crippen molar-refractivity contribution in [2.75, 3.05) is 11.9 Å². The molecular formula is C35H55N5O3S. The molecule has 3 aromatic heterocycles. The van der Waals surface area contributed by atoms with Gasteiger partial charge in [0.1, 0.15) is 5.69 Å². The minimum absolute atomic E-state index is 0.0416. The van der Waals surface area contributed by atoms with E-state index in [0.29, 0.717) is 22.3 Å². The molecule has 244 valence electrons. The molecule has 4 unspecified atom stereocenters. The number of aromatic nitrogens is 3. The zero-order valence-electron chi connectivity index (χ0n) is 28.2. The molecule has 2 amide bonds. The normalized spacial score (nSPS) is 14.5. The number of nitrogens with one attached hydrogen (secondary N) is 2. The van der Waals surface area contributed by atoms with Crippen molar-refractivity contribution in [2.45, 2.75) is 118 Å². The van der Waals surface area contributed by atoms with Gasteiger partial charge in [0, 0.05) is 29.0 Å². The van der Waals surface area contributed by atoms with Gasteiger partial charge in [-0.25, -0.2) is 4.98 Å². The fourth-order valence-corrected chi connectivity index (χ4v) is 5.63. The maximum absolute atomic E-state index is 12.6. The van der Waals surface area contributed by atoms with E-state index < -0.39 is 0 Å². The van der Waals surface area contributed by atoms with Crippen LogP contribution >= 0.6 is 11.3 Å². The SMILES string of the molecule is CCC(C)CC(C)(CC)n1ccc(C(=O)NCC(=O)Nc2nc(-c3cccc(C)n3)cs2)c1.CCCC(O)CCC(C)CC. The summed E-state index contributed by atoms with van der Waals surface area (Å²) in [5.74, 6) is 0.790. The van der Waals surface area contributed by atoms with Gasteiger partial charge in [0.05, 0.1) is 23.9 Å². The molecule has 3 aromatic rings. The third-order valence-electron chi connectivity index (χ3n) is 8.45. The second-order valence-corrected chi connectivity index (χ2v) is 13.2. The zero-order chi connectivity index (χ0) is 32.7. The Morgan fingerprint density at radius 1 is 1.00 bits per heavy atom. The monoisotopic (exact) mass is 625 g/mol. The number of aliphatic hydroxyl groups excluding tert-OH is 1. The quantitative estimate of drug-likeness (QED) is 0.149. The van der Waals surface area contributed by atoms with Gasteiger partial charge >= 0.3 is 0 Å². The van der Waals surface area contributed by atoms with Crippen LogP contribution in [0.2, 0.25) is 0 Å². The smallest absolute Gasteiger partial charge is 0.253 e. The fourth-order valence-electron chi connectivity index (χ4n) is 4.91. The molecule has 0 aromatic carbocycles. The molecule has 3 rings (SSSR count). The van der Waals surface area contributed by atoms with Crippen molar-refractivity contribution in [3.05, 3.63) is 53.3 Å². The summed E-state index contributed by atoms with van der Waals surface area (Å²) in [4.78, 5) is 33.8. The summed E-state index contributed by atoms with van der Waals surface area (Å²) in [5.41, 5.74) is 2.88. The highest BCUT2D eigenvalue weighted by atomic mass is 32.1. The Morgan fingerprint density at radius 3 is 2.36 bits per heavy atom. The molecule has 0 radical (unpaired) electrons. The lowest BCUT2D eigenvalue weighted by Crippen LogP contribution is -2.33. The van der Waals surface area contributed by atoms with Gasteiger partial charge in [-0.05, 0) is 76.0 Å². The van der Waals surface area contributed by atoms with Gasteiger partial charge in [0.15, 0.2) is 5.13 Å². The van der Waals surface area contributed by atoms with Crippen molar-refractivity contribution < 1.29 is 14.7 Å². The zero-order valence-corrected chi connectivity index (χ0v) is 29.0. The van der Waals surface area contributed by atoms with Crippen LogP contribution in [0.4, 0.5) is 5.13 Å². The first-order valence-corrected chi connectivity index (χ1v) is 17.2. The van der Waals surface area contributed by atoms with Gasteiger partial charge in [-0.3, -0.25) is 14.6 Å². The fraction of sp³-hybridized carbons (Fsp3) is 0.600. The summed E-state index contributed by atoms with van der Waals surface area (Å²) < 4.78 is 2.13. The van der Waals surface area contributed by atoms with Crippen molar-refractivity contribution in [1.29, 1.82) is 0 Å².